The van der Waals surface area contributed by atoms with E-state index in [4.69, 9.17) is 0 Å². The number of carbonyl (C=O) groups is 3. The molecule has 1 N–H and O–H groups in total. The monoisotopic (exact) mass is 286 g/mol. The van der Waals surface area contributed by atoms with E-state index >= 15 is 0 Å². The molecule has 0 atom stereocenters. The minimum atomic E-state index is -0.366. The van der Waals surface area contributed by atoms with Gasteiger partial charge in [-0.1, -0.05) is 24.3 Å². The molecule has 0 radical (unpaired) electrons. The third-order valence-corrected chi connectivity index (χ3v) is 3.48. The summed E-state index contributed by atoms with van der Waals surface area (Å²) in [5.74, 6) is -0.907. The third-order valence-electron chi connectivity index (χ3n) is 3.48. The number of nitrogens with zero attached hydrogens (tertiary/aromatic N) is 1. The van der Waals surface area contributed by atoms with Gasteiger partial charge in [0.1, 0.15) is 11.4 Å². The van der Waals surface area contributed by atoms with Crippen LogP contribution in [0.3, 0.4) is 0 Å². The van der Waals surface area contributed by atoms with E-state index in [1.54, 1.807) is 29.2 Å². The van der Waals surface area contributed by atoms with Crippen molar-refractivity contribution in [2.75, 3.05) is 13.1 Å². The van der Waals surface area contributed by atoms with Crippen LogP contribution in [-0.4, -0.2) is 35.5 Å². The predicted octanol–water partition coefficient (Wildman–Crippen LogP) is 1.76. The minimum Gasteiger partial charge on any atom is -0.367 e. The van der Waals surface area contributed by atoms with Gasteiger partial charge in [-0.2, -0.15) is 0 Å². The fraction of sp³-hybridized carbons (Fsp3) is 0.312. The van der Waals surface area contributed by atoms with Crippen molar-refractivity contribution in [2.24, 2.45) is 0 Å². The molecule has 21 heavy (non-hydrogen) atoms. The summed E-state index contributed by atoms with van der Waals surface area (Å²) in [5, 5.41) is 2.53. The summed E-state index contributed by atoms with van der Waals surface area (Å²) in [6.45, 7) is 6.29. The van der Waals surface area contributed by atoms with Crippen LogP contribution in [0.25, 0.3) is 0 Å². The summed E-state index contributed by atoms with van der Waals surface area (Å²) < 4.78 is 0. The summed E-state index contributed by atoms with van der Waals surface area (Å²) in [4.78, 5) is 38.5. The lowest BCUT2D eigenvalue weighted by Crippen LogP contribution is -2.39. The average Bonchev–Trinajstić information content (AvgIpc) is 2.48. The number of rotatable bonds is 4. The Morgan fingerprint density at radius 3 is 2.05 bits per heavy atom. The molecular formula is C16H18N2O3. The number of allylic oxidation sites excluding steroid dienone is 2. The van der Waals surface area contributed by atoms with Crippen molar-refractivity contribution in [3.63, 3.8) is 0 Å². The van der Waals surface area contributed by atoms with E-state index in [9.17, 15) is 14.4 Å². The Morgan fingerprint density at radius 2 is 1.57 bits per heavy atom. The van der Waals surface area contributed by atoms with Gasteiger partial charge in [-0.15, -0.1) is 0 Å². The van der Waals surface area contributed by atoms with Gasteiger partial charge < -0.3 is 10.2 Å². The standard InChI is InChI=1S/C16H18N2O3/c1-4-18(5-2)14-13(17-10(3)19)15(20)11-8-6-7-9-12(11)16(14)21/h6-9H,4-5H2,1-3H3,(H,17,19). The Morgan fingerprint density at radius 1 is 1.05 bits per heavy atom. The van der Waals surface area contributed by atoms with Crippen LogP contribution in [0.5, 0.6) is 0 Å². The summed E-state index contributed by atoms with van der Waals surface area (Å²) in [6.07, 6.45) is 0. The first-order valence-electron chi connectivity index (χ1n) is 6.96. The van der Waals surface area contributed by atoms with Gasteiger partial charge in [0.25, 0.3) is 0 Å². The van der Waals surface area contributed by atoms with Crippen LogP contribution in [0.1, 0.15) is 41.5 Å². The van der Waals surface area contributed by atoms with Crippen LogP contribution in [0.2, 0.25) is 0 Å². The molecule has 0 bridgehead atoms. The van der Waals surface area contributed by atoms with Crippen LogP contribution in [0.15, 0.2) is 35.7 Å². The molecule has 0 saturated heterocycles. The second kappa shape index (κ2) is 5.91. The first-order chi connectivity index (χ1) is 10.0. The molecular weight excluding hydrogens is 268 g/mol. The topological polar surface area (TPSA) is 66.5 Å². The number of ketones is 2. The molecule has 1 aliphatic carbocycles. The molecule has 0 aliphatic heterocycles. The smallest absolute Gasteiger partial charge is 0.221 e. The zero-order valence-corrected chi connectivity index (χ0v) is 12.4. The molecule has 5 nitrogen and oxygen atoms in total. The van der Waals surface area contributed by atoms with Crippen molar-refractivity contribution in [3.8, 4) is 0 Å². The van der Waals surface area contributed by atoms with Gasteiger partial charge >= 0.3 is 0 Å². The first-order valence-corrected chi connectivity index (χ1v) is 6.96. The van der Waals surface area contributed by atoms with Gasteiger partial charge in [0, 0.05) is 31.1 Å². The summed E-state index contributed by atoms with van der Waals surface area (Å²) in [7, 11) is 0. The highest BCUT2D eigenvalue weighted by molar-refractivity contribution is 6.27. The normalized spacial score (nSPS) is 14.0. The highest BCUT2D eigenvalue weighted by atomic mass is 16.2. The Hall–Kier alpha value is -2.43. The van der Waals surface area contributed by atoms with Crippen molar-refractivity contribution < 1.29 is 14.4 Å². The molecule has 5 heteroatoms. The van der Waals surface area contributed by atoms with Gasteiger partial charge in [0.15, 0.2) is 0 Å². The molecule has 0 spiro atoms. The lowest BCUT2D eigenvalue weighted by atomic mass is 9.89. The second-order valence-electron chi connectivity index (χ2n) is 4.78. The maximum absolute atomic E-state index is 12.7. The molecule has 0 fully saturated rings. The Bertz CT molecular complexity index is 643. The van der Waals surface area contributed by atoms with Crippen LogP contribution in [0.4, 0.5) is 0 Å². The Balaban J connectivity index is 2.65. The fourth-order valence-electron chi connectivity index (χ4n) is 2.50. The zero-order chi connectivity index (χ0) is 15.6. The van der Waals surface area contributed by atoms with Crippen molar-refractivity contribution in [1.29, 1.82) is 0 Å². The van der Waals surface area contributed by atoms with Gasteiger partial charge in [0.2, 0.25) is 17.5 Å². The van der Waals surface area contributed by atoms with Crippen LogP contribution in [-0.2, 0) is 4.79 Å². The van der Waals surface area contributed by atoms with E-state index in [-0.39, 0.29) is 28.9 Å². The number of benzene rings is 1. The Labute approximate surface area is 123 Å². The predicted molar refractivity (Wildman–Crippen MR) is 78.9 cm³/mol. The Kier molecular flexibility index (Phi) is 4.21. The molecule has 1 aromatic carbocycles. The molecule has 110 valence electrons. The van der Waals surface area contributed by atoms with Crippen LogP contribution >= 0.6 is 0 Å². The van der Waals surface area contributed by atoms with E-state index in [2.05, 4.69) is 5.32 Å². The van der Waals surface area contributed by atoms with E-state index in [1.807, 2.05) is 13.8 Å². The number of Topliss-reactive ketones (excluding diaryl/α,β-unsaturated/α-hetero) is 2. The van der Waals surface area contributed by atoms with Crippen LogP contribution < -0.4 is 5.32 Å². The van der Waals surface area contributed by atoms with E-state index < -0.39 is 0 Å². The van der Waals surface area contributed by atoms with E-state index in [1.165, 1.54) is 6.92 Å². The number of carbonyl (C=O) groups excluding carboxylic acids is 3. The minimum absolute atomic E-state index is 0.0786. The molecule has 2 rings (SSSR count). The lowest BCUT2D eigenvalue weighted by Gasteiger charge is -2.29. The number of fused-ring (bicyclic) bond motifs is 1. The maximum Gasteiger partial charge on any atom is 0.221 e. The molecule has 0 saturated carbocycles. The van der Waals surface area contributed by atoms with Gasteiger partial charge in [-0.05, 0) is 13.8 Å². The molecule has 1 aliphatic rings. The summed E-state index contributed by atoms with van der Waals surface area (Å²) in [6, 6.07) is 6.69. The number of nitrogens with one attached hydrogen (secondary N) is 1. The van der Waals surface area contributed by atoms with Gasteiger partial charge in [-0.3, -0.25) is 14.4 Å². The van der Waals surface area contributed by atoms with Crippen LogP contribution in [0, 0.1) is 0 Å². The highest BCUT2D eigenvalue weighted by Gasteiger charge is 2.34. The number of hydrogen-bond donors (Lipinski definition) is 1. The van der Waals surface area contributed by atoms with Crippen molar-refractivity contribution >= 4 is 17.5 Å². The fourth-order valence-corrected chi connectivity index (χ4v) is 2.50. The quantitative estimate of drug-likeness (QED) is 0.916. The van der Waals surface area contributed by atoms with Crippen molar-refractivity contribution in [1.82, 2.24) is 10.2 Å². The zero-order valence-electron chi connectivity index (χ0n) is 12.4. The van der Waals surface area contributed by atoms with E-state index in [0.29, 0.717) is 24.2 Å². The maximum atomic E-state index is 12.7. The molecule has 0 aromatic heterocycles. The number of amides is 1. The summed E-state index contributed by atoms with van der Waals surface area (Å²) in [5.41, 5.74) is 1.08. The summed E-state index contributed by atoms with van der Waals surface area (Å²) >= 11 is 0. The molecule has 1 amide bonds. The average molecular weight is 286 g/mol. The second-order valence-corrected chi connectivity index (χ2v) is 4.78. The van der Waals surface area contributed by atoms with E-state index in [0.717, 1.165) is 0 Å². The molecule has 0 unspecified atom stereocenters. The highest BCUT2D eigenvalue weighted by Crippen LogP contribution is 2.27. The van der Waals surface area contributed by atoms with Crippen molar-refractivity contribution in [3.05, 3.63) is 46.8 Å². The number of likely N-dealkylation sites (N-methyl/N-ethyl adjacent to an activating group) is 1. The lowest BCUT2D eigenvalue weighted by molar-refractivity contribution is -0.118. The molecule has 1 aromatic rings. The SMILES string of the molecule is CCN(CC)C1=C(NC(C)=O)C(=O)c2ccccc2C1=O. The van der Waals surface area contributed by atoms with Gasteiger partial charge in [0.05, 0.1) is 0 Å². The van der Waals surface area contributed by atoms with Gasteiger partial charge in [-0.25, -0.2) is 0 Å². The molecule has 0 heterocycles. The van der Waals surface area contributed by atoms with Crippen molar-refractivity contribution in [2.45, 2.75) is 20.8 Å². The largest absolute Gasteiger partial charge is 0.367 e. The first kappa shape index (κ1) is 15.0. The third kappa shape index (κ3) is 2.59. The number of hydrogen-bond acceptors (Lipinski definition) is 4.